The molecule has 0 radical (unpaired) electrons. The van der Waals surface area contributed by atoms with Crippen molar-refractivity contribution in [3.05, 3.63) is 62.4 Å². The Morgan fingerprint density at radius 2 is 1.86 bits per heavy atom. The van der Waals surface area contributed by atoms with Crippen LogP contribution in [0.5, 0.6) is 11.5 Å². The van der Waals surface area contributed by atoms with Crippen LogP contribution < -0.4 is 20.1 Å². The number of hydrogen-bond acceptors (Lipinski definition) is 5. The molecule has 2 aromatic rings. The summed E-state index contributed by atoms with van der Waals surface area (Å²) in [4.78, 5) is 33.9. The lowest BCUT2D eigenvalue weighted by Gasteiger charge is -2.15. The minimum atomic E-state index is -0.984. The number of amides is 3. The molecule has 0 atom stereocenters. The summed E-state index contributed by atoms with van der Waals surface area (Å²) in [6.45, 7) is 2.49. The molecule has 3 N–H and O–H groups in total. The van der Waals surface area contributed by atoms with E-state index in [1.807, 2.05) is 6.92 Å². The molecular weight excluding hydrogens is 491 g/mol. The minimum Gasteiger partial charge on any atom is -0.490 e. The number of hydrogen-bond donors (Lipinski definition) is 3. The van der Waals surface area contributed by atoms with Crippen molar-refractivity contribution in [2.24, 2.45) is 0 Å². The topological polar surface area (TPSA) is 114 Å². The Balaban J connectivity index is 1.82. The number of nitrogens with one attached hydrogen (secondary N) is 2. The second-order valence-corrected chi connectivity index (χ2v) is 7.18. The molecule has 1 fully saturated rings. The molecule has 3 amide bonds. The maximum Gasteiger partial charge on any atom is 0.335 e. The van der Waals surface area contributed by atoms with Crippen molar-refractivity contribution < 1.29 is 29.0 Å². The molecule has 29 heavy (non-hydrogen) atoms. The summed E-state index contributed by atoms with van der Waals surface area (Å²) in [5.74, 6) is -0.439. The summed E-state index contributed by atoms with van der Waals surface area (Å²) >= 11 is 2.10. The third-order valence-corrected chi connectivity index (χ3v) is 4.75. The van der Waals surface area contributed by atoms with Crippen LogP contribution >= 0.6 is 22.6 Å². The van der Waals surface area contributed by atoms with Crippen molar-refractivity contribution in [2.45, 2.75) is 13.5 Å². The zero-order valence-electron chi connectivity index (χ0n) is 15.3. The van der Waals surface area contributed by atoms with Crippen LogP contribution in [-0.4, -0.2) is 29.6 Å². The predicted octanol–water partition coefficient (Wildman–Crippen LogP) is 3.15. The summed E-state index contributed by atoms with van der Waals surface area (Å²) in [6, 6.07) is 9.39. The van der Waals surface area contributed by atoms with Gasteiger partial charge in [0.1, 0.15) is 12.3 Å². The lowest BCUT2D eigenvalue weighted by molar-refractivity contribution is -0.115. The number of carboxylic acid groups (broad SMARTS) is 1. The fourth-order valence-electron chi connectivity index (χ4n) is 2.62. The first-order valence-corrected chi connectivity index (χ1v) is 9.70. The van der Waals surface area contributed by atoms with Gasteiger partial charge in [0.2, 0.25) is 0 Å². The van der Waals surface area contributed by atoms with Gasteiger partial charge < -0.3 is 19.9 Å². The van der Waals surface area contributed by atoms with Gasteiger partial charge in [0.25, 0.3) is 5.91 Å². The highest BCUT2D eigenvalue weighted by Gasteiger charge is 2.23. The number of carboxylic acids is 1. The van der Waals surface area contributed by atoms with Crippen molar-refractivity contribution in [1.29, 1.82) is 0 Å². The molecule has 1 heterocycles. The molecule has 0 aromatic heterocycles. The van der Waals surface area contributed by atoms with Gasteiger partial charge in [-0.05, 0) is 71.0 Å². The standard InChI is InChI=1S/C20H17IN2O6/c1-2-28-16-9-12(8-15-18(24)23-20(27)22-15)7-14(21)17(16)29-10-11-3-5-13(6-4-11)19(25)26/h3-9H,2,10H2,1H3,(H,25,26)(H2,22,23,24,27). The van der Waals surface area contributed by atoms with Crippen molar-refractivity contribution in [3.8, 4) is 11.5 Å². The molecule has 8 nitrogen and oxygen atoms in total. The Kier molecular flexibility index (Phi) is 6.37. The van der Waals surface area contributed by atoms with Crippen molar-refractivity contribution in [3.63, 3.8) is 0 Å². The van der Waals surface area contributed by atoms with Gasteiger partial charge in [-0.3, -0.25) is 10.1 Å². The van der Waals surface area contributed by atoms with Crippen LogP contribution in [-0.2, 0) is 11.4 Å². The number of rotatable bonds is 7. The summed E-state index contributed by atoms with van der Waals surface area (Å²) in [7, 11) is 0. The molecule has 0 unspecified atom stereocenters. The van der Waals surface area contributed by atoms with Crippen LogP contribution in [0.25, 0.3) is 6.08 Å². The van der Waals surface area contributed by atoms with Crippen molar-refractivity contribution in [2.75, 3.05) is 6.61 Å². The van der Waals surface area contributed by atoms with Gasteiger partial charge in [0, 0.05) is 0 Å². The molecule has 150 valence electrons. The average molecular weight is 508 g/mol. The highest BCUT2D eigenvalue weighted by Crippen LogP contribution is 2.35. The number of carbonyl (C=O) groups is 3. The zero-order chi connectivity index (χ0) is 21.0. The fraction of sp³-hybridized carbons (Fsp3) is 0.150. The van der Waals surface area contributed by atoms with Crippen LogP contribution in [0.3, 0.4) is 0 Å². The first kappa shape index (κ1) is 20.6. The van der Waals surface area contributed by atoms with Gasteiger partial charge in [0.15, 0.2) is 11.5 Å². The van der Waals surface area contributed by atoms with E-state index in [0.29, 0.717) is 23.7 Å². The molecule has 0 bridgehead atoms. The molecule has 9 heteroatoms. The number of halogens is 1. The monoisotopic (exact) mass is 508 g/mol. The molecule has 0 aliphatic carbocycles. The molecule has 0 saturated carbocycles. The van der Waals surface area contributed by atoms with Crippen LogP contribution in [0.15, 0.2) is 42.1 Å². The predicted molar refractivity (Wildman–Crippen MR) is 113 cm³/mol. The van der Waals surface area contributed by atoms with Crippen LogP contribution in [0.1, 0.15) is 28.4 Å². The molecule has 0 spiro atoms. The van der Waals surface area contributed by atoms with Crippen LogP contribution in [0.4, 0.5) is 4.79 Å². The number of benzene rings is 2. The van der Waals surface area contributed by atoms with Gasteiger partial charge in [-0.1, -0.05) is 12.1 Å². The van der Waals surface area contributed by atoms with E-state index >= 15 is 0 Å². The summed E-state index contributed by atoms with van der Waals surface area (Å²) < 4.78 is 12.4. The van der Waals surface area contributed by atoms with E-state index in [9.17, 15) is 14.4 Å². The first-order chi connectivity index (χ1) is 13.9. The van der Waals surface area contributed by atoms with Crippen LogP contribution in [0, 0.1) is 3.57 Å². The Bertz CT molecular complexity index is 1000. The average Bonchev–Trinajstić information content (AvgIpc) is 2.98. The maximum absolute atomic E-state index is 11.7. The third kappa shape index (κ3) is 5.05. The highest BCUT2D eigenvalue weighted by atomic mass is 127. The van der Waals surface area contributed by atoms with E-state index < -0.39 is 17.9 Å². The zero-order valence-corrected chi connectivity index (χ0v) is 17.5. The summed E-state index contributed by atoms with van der Waals surface area (Å²) in [5.41, 5.74) is 1.84. The van der Waals surface area contributed by atoms with E-state index in [4.69, 9.17) is 14.6 Å². The Hall–Kier alpha value is -3.08. The molecular formula is C20H17IN2O6. The minimum absolute atomic E-state index is 0.153. The number of imide groups is 1. The Labute approximate surface area is 180 Å². The van der Waals surface area contributed by atoms with Gasteiger partial charge in [-0.2, -0.15) is 0 Å². The van der Waals surface area contributed by atoms with Crippen LogP contribution in [0.2, 0.25) is 0 Å². The van der Waals surface area contributed by atoms with Crippen molar-refractivity contribution >= 4 is 46.6 Å². The first-order valence-electron chi connectivity index (χ1n) is 8.62. The van der Waals surface area contributed by atoms with E-state index in [-0.39, 0.29) is 17.9 Å². The Morgan fingerprint density at radius 1 is 1.14 bits per heavy atom. The highest BCUT2D eigenvalue weighted by molar-refractivity contribution is 14.1. The molecule has 2 aromatic carbocycles. The SMILES string of the molecule is CCOc1cc(C=C2NC(=O)NC2=O)cc(I)c1OCc1ccc(C(=O)O)cc1. The Morgan fingerprint density at radius 3 is 2.45 bits per heavy atom. The molecule has 1 saturated heterocycles. The lowest BCUT2D eigenvalue weighted by atomic mass is 10.1. The second kappa shape index (κ2) is 8.95. The normalized spacial score (nSPS) is 14.5. The number of aromatic carboxylic acids is 1. The van der Waals surface area contributed by atoms with E-state index in [1.165, 1.54) is 12.1 Å². The molecule has 3 rings (SSSR count). The van der Waals surface area contributed by atoms with Crippen molar-refractivity contribution in [1.82, 2.24) is 10.6 Å². The van der Waals surface area contributed by atoms with Gasteiger partial charge in [0.05, 0.1) is 15.7 Å². The lowest BCUT2D eigenvalue weighted by Crippen LogP contribution is -2.22. The van der Waals surface area contributed by atoms with Gasteiger partial charge >= 0.3 is 12.0 Å². The third-order valence-electron chi connectivity index (χ3n) is 3.95. The van der Waals surface area contributed by atoms with E-state index in [2.05, 4.69) is 33.2 Å². The second-order valence-electron chi connectivity index (χ2n) is 6.02. The van der Waals surface area contributed by atoms with E-state index in [1.54, 1.807) is 30.3 Å². The summed E-state index contributed by atoms with van der Waals surface area (Å²) in [5, 5.41) is 13.6. The largest absolute Gasteiger partial charge is 0.490 e. The van der Waals surface area contributed by atoms with Gasteiger partial charge in [-0.25, -0.2) is 9.59 Å². The van der Waals surface area contributed by atoms with Gasteiger partial charge in [-0.15, -0.1) is 0 Å². The number of ether oxygens (including phenoxy) is 2. The number of carbonyl (C=O) groups excluding carboxylic acids is 2. The number of urea groups is 1. The smallest absolute Gasteiger partial charge is 0.335 e. The van der Waals surface area contributed by atoms with E-state index in [0.717, 1.165) is 9.13 Å². The summed E-state index contributed by atoms with van der Waals surface area (Å²) in [6.07, 6.45) is 1.55. The maximum atomic E-state index is 11.7. The molecule has 1 aliphatic rings. The molecule has 1 aliphatic heterocycles. The quantitative estimate of drug-likeness (QED) is 0.301. The fourth-order valence-corrected chi connectivity index (χ4v) is 3.40.